The topological polar surface area (TPSA) is 69.3 Å². The van der Waals surface area contributed by atoms with Gasteiger partial charge in [-0.1, -0.05) is 30.3 Å². The fourth-order valence-electron chi connectivity index (χ4n) is 3.28. The molecule has 4 rings (SSSR count). The summed E-state index contributed by atoms with van der Waals surface area (Å²) < 4.78 is 0. The van der Waals surface area contributed by atoms with Gasteiger partial charge in [0, 0.05) is 44.2 Å². The molecule has 1 aliphatic rings. The molecular weight excluding hydrogens is 328 g/mol. The van der Waals surface area contributed by atoms with Gasteiger partial charge in [0.05, 0.1) is 11.0 Å². The highest BCUT2D eigenvalue weighted by molar-refractivity contribution is 5.97. The van der Waals surface area contributed by atoms with Gasteiger partial charge in [0.15, 0.2) is 0 Å². The zero-order chi connectivity index (χ0) is 18.1. The number of carbonyl (C=O) groups is 2. The van der Waals surface area contributed by atoms with E-state index in [0.717, 1.165) is 22.4 Å². The molecule has 1 N–H and O–H groups in total. The Bertz CT molecular complexity index is 956. The molecule has 0 aliphatic carbocycles. The first kappa shape index (κ1) is 16.3. The van der Waals surface area contributed by atoms with Crippen LogP contribution in [0.15, 0.2) is 48.5 Å². The molecule has 6 heteroatoms. The van der Waals surface area contributed by atoms with Crippen LogP contribution >= 0.6 is 0 Å². The molecule has 1 fully saturated rings. The number of H-pyrrole nitrogens is 1. The van der Waals surface area contributed by atoms with Crippen molar-refractivity contribution in [2.75, 3.05) is 26.2 Å². The second kappa shape index (κ2) is 6.63. The summed E-state index contributed by atoms with van der Waals surface area (Å²) in [4.78, 5) is 35.7. The molecule has 26 heavy (non-hydrogen) atoms. The summed E-state index contributed by atoms with van der Waals surface area (Å²) in [6, 6.07) is 15.4. The van der Waals surface area contributed by atoms with E-state index < -0.39 is 0 Å². The van der Waals surface area contributed by atoms with Gasteiger partial charge in [-0.05, 0) is 18.2 Å². The van der Waals surface area contributed by atoms with Gasteiger partial charge in [-0.2, -0.15) is 0 Å². The molecule has 2 aromatic carbocycles. The van der Waals surface area contributed by atoms with Crippen molar-refractivity contribution in [1.29, 1.82) is 0 Å². The number of imidazole rings is 1. The molecule has 2 heterocycles. The zero-order valence-electron chi connectivity index (χ0n) is 14.6. The van der Waals surface area contributed by atoms with Crippen molar-refractivity contribution in [3.63, 3.8) is 0 Å². The van der Waals surface area contributed by atoms with Gasteiger partial charge in [-0.15, -0.1) is 0 Å². The number of carbonyl (C=O) groups excluding carboxylic acids is 2. The number of benzene rings is 2. The highest BCUT2D eigenvalue weighted by Gasteiger charge is 2.23. The number of hydrogen-bond donors (Lipinski definition) is 1. The molecule has 3 aromatic rings. The van der Waals surface area contributed by atoms with Crippen molar-refractivity contribution >= 4 is 22.8 Å². The second-order valence-corrected chi connectivity index (χ2v) is 6.48. The zero-order valence-corrected chi connectivity index (χ0v) is 14.6. The number of hydrogen-bond acceptors (Lipinski definition) is 3. The van der Waals surface area contributed by atoms with Crippen LogP contribution in [0.3, 0.4) is 0 Å². The van der Waals surface area contributed by atoms with Gasteiger partial charge in [0.1, 0.15) is 5.82 Å². The van der Waals surface area contributed by atoms with Gasteiger partial charge >= 0.3 is 0 Å². The van der Waals surface area contributed by atoms with Gasteiger partial charge in [-0.25, -0.2) is 4.98 Å². The minimum Gasteiger partial charge on any atom is -0.339 e. The lowest BCUT2D eigenvalue weighted by molar-refractivity contribution is -0.130. The normalized spacial score (nSPS) is 14.7. The fraction of sp³-hybridized carbons (Fsp3) is 0.250. The molecule has 0 radical (unpaired) electrons. The van der Waals surface area contributed by atoms with Crippen molar-refractivity contribution in [2.45, 2.75) is 6.92 Å². The van der Waals surface area contributed by atoms with Crippen LogP contribution in [0.4, 0.5) is 0 Å². The maximum atomic E-state index is 12.8. The average molecular weight is 348 g/mol. The Hall–Kier alpha value is -3.15. The first-order chi connectivity index (χ1) is 12.6. The van der Waals surface area contributed by atoms with E-state index in [2.05, 4.69) is 9.97 Å². The van der Waals surface area contributed by atoms with Crippen LogP contribution in [0.25, 0.3) is 22.4 Å². The number of aromatic amines is 1. The van der Waals surface area contributed by atoms with Crippen LogP contribution in [0, 0.1) is 0 Å². The maximum absolute atomic E-state index is 12.8. The number of nitrogens with zero attached hydrogens (tertiary/aromatic N) is 3. The van der Waals surface area contributed by atoms with E-state index >= 15 is 0 Å². The van der Waals surface area contributed by atoms with E-state index in [9.17, 15) is 9.59 Å². The van der Waals surface area contributed by atoms with E-state index in [0.29, 0.717) is 31.7 Å². The summed E-state index contributed by atoms with van der Waals surface area (Å²) in [5, 5.41) is 0. The maximum Gasteiger partial charge on any atom is 0.254 e. The number of rotatable bonds is 2. The summed E-state index contributed by atoms with van der Waals surface area (Å²) in [7, 11) is 0. The molecule has 6 nitrogen and oxygen atoms in total. The SMILES string of the molecule is CC(=O)N1CCN(C(=O)c2ccc3nc(-c4ccccc4)[nH]c3c2)CC1. The largest absolute Gasteiger partial charge is 0.339 e. The molecule has 132 valence electrons. The van der Waals surface area contributed by atoms with Crippen LogP contribution in [0.2, 0.25) is 0 Å². The molecule has 0 bridgehead atoms. The number of fused-ring (bicyclic) bond motifs is 1. The van der Waals surface area contributed by atoms with Crippen molar-refractivity contribution in [1.82, 2.24) is 19.8 Å². The standard InChI is InChI=1S/C20H20N4O2/c1-14(25)23-9-11-24(12-10-23)20(26)16-7-8-17-18(13-16)22-19(21-17)15-5-3-2-4-6-15/h2-8,13H,9-12H2,1H3,(H,21,22). The highest BCUT2D eigenvalue weighted by atomic mass is 16.2. The third-order valence-electron chi connectivity index (χ3n) is 4.79. The van der Waals surface area contributed by atoms with Gasteiger partial charge in [-0.3, -0.25) is 9.59 Å². The first-order valence-electron chi connectivity index (χ1n) is 8.72. The molecule has 2 amide bonds. The van der Waals surface area contributed by atoms with Crippen molar-refractivity contribution in [2.24, 2.45) is 0 Å². The predicted octanol–water partition coefficient (Wildman–Crippen LogP) is 2.53. The summed E-state index contributed by atoms with van der Waals surface area (Å²) in [5.41, 5.74) is 3.33. The number of nitrogens with one attached hydrogen (secondary N) is 1. The lowest BCUT2D eigenvalue weighted by atomic mass is 10.1. The van der Waals surface area contributed by atoms with Crippen molar-refractivity contribution < 1.29 is 9.59 Å². The van der Waals surface area contributed by atoms with Gasteiger partial charge in [0.2, 0.25) is 5.91 Å². The van der Waals surface area contributed by atoms with E-state index in [1.807, 2.05) is 48.5 Å². The van der Waals surface area contributed by atoms with Gasteiger partial charge in [0.25, 0.3) is 5.91 Å². The molecule has 1 saturated heterocycles. The highest BCUT2D eigenvalue weighted by Crippen LogP contribution is 2.22. The smallest absolute Gasteiger partial charge is 0.254 e. The van der Waals surface area contributed by atoms with Crippen LogP contribution in [-0.4, -0.2) is 57.8 Å². The van der Waals surface area contributed by atoms with E-state index in [1.54, 1.807) is 16.7 Å². The van der Waals surface area contributed by atoms with Crippen molar-refractivity contribution in [3.8, 4) is 11.4 Å². The van der Waals surface area contributed by atoms with E-state index in [1.165, 1.54) is 0 Å². The van der Waals surface area contributed by atoms with E-state index in [-0.39, 0.29) is 11.8 Å². The predicted molar refractivity (Wildman–Crippen MR) is 99.7 cm³/mol. The number of amides is 2. The monoisotopic (exact) mass is 348 g/mol. The summed E-state index contributed by atoms with van der Waals surface area (Å²) >= 11 is 0. The van der Waals surface area contributed by atoms with Crippen LogP contribution in [-0.2, 0) is 4.79 Å². The minimum absolute atomic E-state index is 0.00837. The summed E-state index contributed by atoms with van der Waals surface area (Å²) in [6.07, 6.45) is 0. The molecule has 0 spiro atoms. The van der Waals surface area contributed by atoms with Crippen LogP contribution in [0.1, 0.15) is 17.3 Å². The molecule has 0 saturated carbocycles. The quantitative estimate of drug-likeness (QED) is 0.774. The Kier molecular flexibility index (Phi) is 4.16. The third-order valence-corrected chi connectivity index (χ3v) is 4.79. The second-order valence-electron chi connectivity index (χ2n) is 6.48. The first-order valence-corrected chi connectivity index (χ1v) is 8.72. The van der Waals surface area contributed by atoms with Crippen LogP contribution < -0.4 is 0 Å². The summed E-state index contributed by atoms with van der Waals surface area (Å²) in [6.45, 7) is 3.87. The number of piperazine rings is 1. The molecule has 0 atom stereocenters. The minimum atomic E-state index is -0.00837. The lowest BCUT2D eigenvalue weighted by Crippen LogP contribution is -2.50. The Morgan fingerprint density at radius 2 is 1.65 bits per heavy atom. The van der Waals surface area contributed by atoms with Crippen molar-refractivity contribution in [3.05, 3.63) is 54.1 Å². The average Bonchev–Trinajstić information content (AvgIpc) is 3.11. The fourth-order valence-corrected chi connectivity index (χ4v) is 3.28. The van der Waals surface area contributed by atoms with Crippen LogP contribution in [0.5, 0.6) is 0 Å². The Balaban J connectivity index is 1.56. The molecule has 1 aliphatic heterocycles. The molecular formula is C20H20N4O2. The summed E-state index contributed by atoms with van der Waals surface area (Å²) in [5.74, 6) is 0.843. The molecule has 1 aromatic heterocycles. The van der Waals surface area contributed by atoms with Gasteiger partial charge < -0.3 is 14.8 Å². The Morgan fingerprint density at radius 1 is 0.962 bits per heavy atom. The Morgan fingerprint density at radius 3 is 2.35 bits per heavy atom. The number of aromatic nitrogens is 2. The molecule has 0 unspecified atom stereocenters. The third kappa shape index (κ3) is 3.06. The lowest BCUT2D eigenvalue weighted by Gasteiger charge is -2.34. The van der Waals surface area contributed by atoms with E-state index in [4.69, 9.17) is 0 Å². The Labute approximate surface area is 151 Å².